The van der Waals surface area contributed by atoms with Gasteiger partial charge in [-0.3, -0.25) is 4.79 Å². The molecule has 1 N–H and O–H groups in total. The van der Waals surface area contributed by atoms with Gasteiger partial charge in [-0.2, -0.15) is 0 Å². The number of benzene rings is 1. The quantitative estimate of drug-likeness (QED) is 0.723. The fourth-order valence-corrected chi connectivity index (χ4v) is 1.56. The van der Waals surface area contributed by atoms with Gasteiger partial charge < -0.3 is 5.32 Å². The third-order valence-electron chi connectivity index (χ3n) is 2.42. The van der Waals surface area contributed by atoms with Crippen molar-refractivity contribution in [2.24, 2.45) is 0 Å². The van der Waals surface area contributed by atoms with Crippen LogP contribution in [0.2, 0.25) is 0 Å². The molecule has 0 saturated heterocycles. The van der Waals surface area contributed by atoms with Crippen molar-refractivity contribution < 1.29 is 4.79 Å². The molecule has 0 aliphatic carbocycles. The SMILES string of the molecule is CCCCNC(C(C)=O)c1ccccc1. The summed E-state index contributed by atoms with van der Waals surface area (Å²) in [6, 6.07) is 9.74. The number of carbonyl (C=O) groups is 1. The van der Waals surface area contributed by atoms with E-state index in [2.05, 4.69) is 12.2 Å². The maximum Gasteiger partial charge on any atom is 0.151 e. The van der Waals surface area contributed by atoms with Crippen LogP contribution >= 0.6 is 0 Å². The highest BCUT2D eigenvalue weighted by Gasteiger charge is 2.14. The number of unbranched alkanes of at least 4 members (excludes halogenated alkanes) is 1. The lowest BCUT2D eigenvalue weighted by Crippen LogP contribution is -2.27. The number of ketones is 1. The van der Waals surface area contributed by atoms with Gasteiger partial charge in [-0.1, -0.05) is 43.7 Å². The molecule has 0 amide bonds. The van der Waals surface area contributed by atoms with Gasteiger partial charge >= 0.3 is 0 Å². The summed E-state index contributed by atoms with van der Waals surface area (Å²) in [6.45, 7) is 4.68. The van der Waals surface area contributed by atoms with Gasteiger partial charge in [0.25, 0.3) is 0 Å². The van der Waals surface area contributed by atoms with Gasteiger partial charge in [0, 0.05) is 0 Å². The van der Waals surface area contributed by atoms with Crippen molar-refractivity contribution in [3.63, 3.8) is 0 Å². The molecule has 0 saturated carbocycles. The van der Waals surface area contributed by atoms with Crippen molar-refractivity contribution in [1.82, 2.24) is 5.32 Å². The monoisotopic (exact) mass is 205 g/mol. The molecule has 1 rings (SSSR count). The predicted molar refractivity (Wildman–Crippen MR) is 62.8 cm³/mol. The summed E-state index contributed by atoms with van der Waals surface area (Å²) < 4.78 is 0. The Morgan fingerprint density at radius 1 is 1.33 bits per heavy atom. The van der Waals surface area contributed by atoms with Crippen LogP contribution in [0.1, 0.15) is 38.3 Å². The van der Waals surface area contributed by atoms with Crippen LogP contribution in [0.15, 0.2) is 30.3 Å². The zero-order valence-corrected chi connectivity index (χ0v) is 9.49. The summed E-state index contributed by atoms with van der Waals surface area (Å²) in [5.41, 5.74) is 1.06. The average Bonchev–Trinajstić information content (AvgIpc) is 2.25. The van der Waals surface area contributed by atoms with Gasteiger partial charge in [0.05, 0.1) is 6.04 Å². The molecule has 0 aromatic heterocycles. The first-order valence-electron chi connectivity index (χ1n) is 5.54. The van der Waals surface area contributed by atoms with E-state index in [0.717, 1.165) is 24.9 Å². The molecule has 0 bridgehead atoms. The molecule has 15 heavy (non-hydrogen) atoms. The lowest BCUT2D eigenvalue weighted by Gasteiger charge is -2.15. The first-order chi connectivity index (χ1) is 7.25. The number of hydrogen-bond donors (Lipinski definition) is 1. The molecule has 0 fully saturated rings. The second-order valence-corrected chi connectivity index (χ2v) is 3.76. The summed E-state index contributed by atoms with van der Waals surface area (Å²) in [6.07, 6.45) is 2.25. The Labute approximate surface area is 91.7 Å². The first kappa shape index (κ1) is 11.9. The minimum absolute atomic E-state index is 0.141. The van der Waals surface area contributed by atoms with E-state index in [1.165, 1.54) is 0 Å². The maximum atomic E-state index is 11.5. The molecule has 1 aromatic carbocycles. The minimum Gasteiger partial charge on any atom is -0.304 e. The molecular weight excluding hydrogens is 186 g/mol. The van der Waals surface area contributed by atoms with Crippen molar-refractivity contribution >= 4 is 5.78 Å². The molecule has 0 radical (unpaired) electrons. The largest absolute Gasteiger partial charge is 0.304 e. The fraction of sp³-hybridized carbons (Fsp3) is 0.462. The van der Waals surface area contributed by atoms with E-state index in [-0.39, 0.29) is 11.8 Å². The van der Waals surface area contributed by atoms with Crippen LogP contribution in [0.3, 0.4) is 0 Å². The normalized spacial score (nSPS) is 12.4. The van der Waals surface area contributed by atoms with E-state index in [1.54, 1.807) is 6.92 Å². The number of carbonyl (C=O) groups excluding carboxylic acids is 1. The molecule has 0 aliphatic rings. The smallest absolute Gasteiger partial charge is 0.151 e. The van der Waals surface area contributed by atoms with Gasteiger partial charge in [-0.15, -0.1) is 0 Å². The van der Waals surface area contributed by atoms with E-state index in [1.807, 2.05) is 30.3 Å². The highest BCUT2D eigenvalue weighted by Crippen LogP contribution is 2.13. The molecule has 2 nitrogen and oxygen atoms in total. The molecule has 0 heterocycles. The summed E-state index contributed by atoms with van der Waals surface area (Å²) in [7, 11) is 0. The number of nitrogens with one attached hydrogen (secondary N) is 1. The highest BCUT2D eigenvalue weighted by molar-refractivity contribution is 5.82. The maximum absolute atomic E-state index is 11.5. The van der Waals surface area contributed by atoms with Crippen molar-refractivity contribution in [3.8, 4) is 0 Å². The molecule has 0 spiro atoms. The van der Waals surface area contributed by atoms with Crippen LogP contribution in [0.4, 0.5) is 0 Å². The van der Waals surface area contributed by atoms with E-state index in [9.17, 15) is 4.79 Å². The Hall–Kier alpha value is -1.15. The summed E-state index contributed by atoms with van der Waals surface area (Å²) in [5.74, 6) is 0.178. The van der Waals surface area contributed by atoms with E-state index < -0.39 is 0 Å². The lowest BCUT2D eigenvalue weighted by atomic mass is 10.0. The van der Waals surface area contributed by atoms with Crippen LogP contribution < -0.4 is 5.32 Å². The zero-order valence-electron chi connectivity index (χ0n) is 9.49. The topological polar surface area (TPSA) is 29.1 Å². The van der Waals surface area contributed by atoms with Gasteiger partial charge in [-0.05, 0) is 25.5 Å². The second kappa shape index (κ2) is 6.36. The third-order valence-corrected chi connectivity index (χ3v) is 2.42. The molecule has 1 aromatic rings. The Morgan fingerprint density at radius 3 is 2.53 bits per heavy atom. The van der Waals surface area contributed by atoms with Crippen molar-refractivity contribution in [2.75, 3.05) is 6.54 Å². The second-order valence-electron chi connectivity index (χ2n) is 3.76. The molecule has 0 aliphatic heterocycles. The van der Waals surface area contributed by atoms with Gasteiger partial charge in [0.2, 0.25) is 0 Å². The van der Waals surface area contributed by atoms with Crippen molar-refractivity contribution in [2.45, 2.75) is 32.7 Å². The summed E-state index contributed by atoms with van der Waals surface area (Å²) in [4.78, 5) is 11.5. The average molecular weight is 205 g/mol. The minimum atomic E-state index is -0.141. The fourth-order valence-electron chi connectivity index (χ4n) is 1.56. The van der Waals surface area contributed by atoms with Crippen molar-refractivity contribution in [3.05, 3.63) is 35.9 Å². The Balaban J connectivity index is 2.62. The number of Topliss-reactive ketones (excluding diaryl/α,β-unsaturated/α-hetero) is 1. The van der Waals surface area contributed by atoms with Crippen LogP contribution in [-0.2, 0) is 4.79 Å². The van der Waals surface area contributed by atoms with Gasteiger partial charge in [0.1, 0.15) is 0 Å². The zero-order chi connectivity index (χ0) is 11.1. The Bertz CT molecular complexity index is 295. The van der Waals surface area contributed by atoms with Crippen LogP contribution in [0.5, 0.6) is 0 Å². The van der Waals surface area contributed by atoms with E-state index in [4.69, 9.17) is 0 Å². The summed E-state index contributed by atoms with van der Waals surface area (Å²) >= 11 is 0. The van der Waals surface area contributed by atoms with Crippen molar-refractivity contribution in [1.29, 1.82) is 0 Å². The van der Waals surface area contributed by atoms with Crippen LogP contribution in [0, 0.1) is 0 Å². The predicted octanol–water partition coefficient (Wildman–Crippen LogP) is 2.71. The number of rotatable bonds is 6. The van der Waals surface area contributed by atoms with E-state index in [0.29, 0.717) is 0 Å². The lowest BCUT2D eigenvalue weighted by molar-refractivity contribution is -0.119. The molecule has 1 unspecified atom stereocenters. The van der Waals surface area contributed by atoms with E-state index >= 15 is 0 Å². The van der Waals surface area contributed by atoms with Crippen LogP contribution in [0.25, 0.3) is 0 Å². The van der Waals surface area contributed by atoms with Gasteiger partial charge in [-0.25, -0.2) is 0 Å². The molecule has 1 atom stereocenters. The molecular formula is C13H19NO. The van der Waals surface area contributed by atoms with Crippen LogP contribution in [-0.4, -0.2) is 12.3 Å². The third kappa shape index (κ3) is 3.84. The first-order valence-corrected chi connectivity index (χ1v) is 5.54. The molecule has 82 valence electrons. The summed E-state index contributed by atoms with van der Waals surface area (Å²) in [5, 5.41) is 3.29. The Morgan fingerprint density at radius 2 is 2.00 bits per heavy atom. The standard InChI is InChI=1S/C13H19NO/c1-3-4-10-14-13(11(2)15)12-8-6-5-7-9-12/h5-9,13-14H,3-4,10H2,1-2H3. The van der Waals surface area contributed by atoms with Gasteiger partial charge in [0.15, 0.2) is 5.78 Å². The highest BCUT2D eigenvalue weighted by atomic mass is 16.1. The molecule has 2 heteroatoms. The number of hydrogen-bond acceptors (Lipinski definition) is 2. The Kier molecular flexibility index (Phi) is 5.05.